The molecule has 10 rings (SSSR count). The van der Waals surface area contributed by atoms with E-state index in [9.17, 15) is 19.8 Å². The van der Waals surface area contributed by atoms with Gasteiger partial charge in [-0.05, 0) is 76.1 Å². The molecule has 2 aromatic rings. The Balaban J connectivity index is 0.902. The van der Waals surface area contributed by atoms with Gasteiger partial charge in [0.2, 0.25) is 0 Å². The lowest BCUT2D eigenvalue weighted by atomic mass is 9.53. The van der Waals surface area contributed by atoms with Crippen LogP contribution in [0.4, 0.5) is 0 Å². The van der Waals surface area contributed by atoms with E-state index in [2.05, 4.69) is 36.0 Å². The van der Waals surface area contributed by atoms with Gasteiger partial charge in [0.05, 0.1) is 0 Å². The van der Waals surface area contributed by atoms with Crippen LogP contribution < -0.4 is 18.9 Å². The third-order valence-electron chi connectivity index (χ3n) is 13.0. The topological polar surface area (TPSA) is 118 Å². The Morgan fingerprint density at radius 1 is 0.729 bits per heavy atom. The van der Waals surface area contributed by atoms with E-state index in [0.29, 0.717) is 23.6 Å². The van der Waals surface area contributed by atoms with Gasteiger partial charge in [-0.15, -0.1) is 0 Å². The molecule has 2 spiro atoms. The maximum atomic E-state index is 13.1. The van der Waals surface area contributed by atoms with Crippen LogP contribution in [-0.4, -0.2) is 95.6 Å². The number of aliphatic hydroxyl groups is 2. The Kier molecular flexibility index (Phi) is 5.93. The van der Waals surface area contributed by atoms with Crippen LogP contribution in [0.5, 0.6) is 23.0 Å². The molecule has 0 aromatic heterocycles. The highest BCUT2D eigenvalue weighted by Crippen LogP contribution is 2.64. The number of piperidine rings is 2. The molecule has 0 radical (unpaired) electrons. The normalized spacial score (nSPS) is 39.0. The van der Waals surface area contributed by atoms with Gasteiger partial charge in [-0.1, -0.05) is 36.4 Å². The Labute approximate surface area is 278 Å². The Morgan fingerprint density at radius 3 is 1.60 bits per heavy atom. The minimum atomic E-state index is -0.759. The number of aliphatic hydroxyl groups excluding tert-OH is 2. The van der Waals surface area contributed by atoms with Gasteiger partial charge in [0, 0.05) is 58.0 Å². The highest BCUT2D eigenvalue weighted by atomic mass is 16.6. The molecule has 0 amide bonds. The number of likely N-dealkylation sites (N-methyl/N-ethyl adjacent to an activating group) is 2. The molecule has 248 valence electrons. The second-order valence-electron chi connectivity index (χ2n) is 15.0. The maximum absolute atomic E-state index is 13.1. The van der Waals surface area contributed by atoms with Crippen LogP contribution in [0.15, 0.2) is 60.7 Å². The molecule has 10 heteroatoms. The first kappa shape index (κ1) is 29.0. The molecule has 2 fully saturated rings. The summed E-state index contributed by atoms with van der Waals surface area (Å²) in [6.45, 7) is 1.79. The van der Waals surface area contributed by atoms with E-state index in [4.69, 9.17) is 18.9 Å². The third-order valence-corrected chi connectivity index (χ3v) is 13.0. The highest BCUT2D eigenvalue weighted by Gasteiger charge is 2.65. The summed E-state index contributed by atoms with van der Waals surface area (Å²) in [6, 6.07) is 8.12. The summed E-state index contributed by atoms with van der Waals surface area (Å²) in [5.74, 6) is 0.497. The number of esters is 2. The molecule has 0 saturated carbocycles. The summed E-state index contributed by atoms with van der Waals surface area (Å²) in [5, 5.41) is 22.0. The molecule has 2 N–H and O–H groups in total. The lowest BCUT2D eigenvalue weighted by Gasteiger charge is -2.56. The van der Waals surface area contributed by atoms with Gasteiger partial charge >= 0.3 is 11.9 Å². The molecule has 4 aliphatic heterocycles. The van der Waals surface area contributed by atoms with Gasteiger partial charge in [0.15, 0.2) is 23.0 Å². The number of hydrogen-bond acceptors (Lipinski definition) is 10. The Bertz CT molecular complexity index is 1750. The first-order valence-electron chi connectivity index (χ1n) is 17.1. The number of rotatable bonds is 4. The van der Waals surface area contributed by atoms with Gasteiger partial charge in [-0.2, -0.15) is 0 Å². The number of ether oxygens (including phenoxy) is 4. The molecule has 4 unspecified atom stereocenters. The molecule has 10 nitrogen and oxygen atoms in total. The van der Waals surface area contributed by atoms with Crippen molar-refractivity contribution in [3.8, 4) is 23.0 Å². The van der Waals surface area contributed by atoms with Crippen LogP contribution in [0.25, 0.3) is 0 Å². The van der Waals surface area contributed by atoms with Gasteiger partial charge in [-0.25, -0.2) is 9.59 Å². The second kappa shape index (κ2) is 9.81. The Morgan fingerprint density at radius 2 is 1.17 bits per heavy atom. The van der Waals surface area contributed by atoms with E-state index in [0.717, 1.165) is 73.2 Å². The number of carbonyl (C=O) groups is 2. The van der Waals surface area contributed by atoms with Crippen LogP contribution in [0, 0.1) is 11.8 Å². The van der Waals surface area contributed by atoms with Crippen LogP contribution in [0.2, 0.25) is 0 Å². The van der Waals surface area contributed by atoms with Gasteiger partial charge in [0.25, 0.3) is 0 Å². The predicted molar refractivity (Wildman–Crippen MR) is 172 cm³/mol. The number of hydrogen-bond donors (Lipinski definition) is 2. The van der Waals surface area contributed by atoms with Crippen molar-refractivity contribution >= 4 is 11.9 Å². The third kappa shape index (κ3) is 3.56. The van der Waals surface area contributed by atoms with Crippen LogP contribution in [0.3, 0.4) is 0 Å². The van der Waals surface area contributed by atoms with Crippen molar-refractivity contribution in [1.29, 1.82) is 0 Å². The molecule has 8 aliphatic rings. The average molecular weight is 651 g/mol. The van der Waals surface area contributed by atoms with Crippen molar-refractivity contribution in [2.45, 2.75) is 73.0 Å². The number of benzene rings is 2. The van der Waals surface area contributed by atoms with E-state index in [1.165, 1.54) is 0 Å². The number of nitrogens with zero attached hydrogens (tertiary/aromatic N) is 2. The fourth-order valence-electron chi connectivity index (χ4n) is 11.0. The molecule has 4 aliphatic carbocycles. The highest BCUT2D eigenvalue weighted by molar-refractivity contribution is 5.94. The van der Waals surface area contributed by atoms with E-state index in [1.807, 2.05) is 24.3 Å². The SMILES string of the molecule is CN1CC[C@]23c4c5ccc(OC(=O)/C=C/C(=O)Oc6ccc7c8c6O[C@H]6C(O)C=CC9[C@@H](C7)N(C)CC[C@@]896)c4O[C@H]2C(O)C=CC3[C@H]1C5. The van der Waals surface area contributed by atoms with E-state index < -0.39 is 36.4 Å². The van der Waals surface area contributed by atoms with Gasteiger partial charge in [0.1, 0.15) is 24.4 Å². The smallest absolute Gasteiger partial charge is 0.336 e. The standard InChI is InChI=1S/C38H38N2O8/c1-39-15-13-37-21-5-7-25(41)35(37)47-33-27(9-3-19(31(33)37)17-23(21)39)45-29(43)11-12-30(44)46-28-10-4-20-18-24-22-6-8-26(42)36-38(22,14-16-40(24)2)32(20)34(28)48-36/h3-12,21-26,35-36,41-42H,13-18H2,1-2H3/b12-11+/t21?,22?,23-,24-,25?,26?,35+,36+,37+,38+/m1/s1. The zero-order chi connectivity index (χ0) is 32.7. The number of likely N-dealkylation sites (tertiary alicyclic amines) is 2. The van der Waals surface area contributed by atoms with Crippen LogP contribution in [0.1, 0.15) is 35.1 Å². The molecular weight excluding hydrogens is 612 g/mol. The van der Waals surface area contributed by atoms with Gasteiger partial charge in [-0.3, -0.25) is 0 Å². The molecule has 4 heterocycles. The predicted octanol–water partition coefficient (Wildman–Crippen LogP) is 2.37. The van der Waals surface area contributed by atoms with Crippen molar-refractivity contribution in [2.75, 3.05) is 27.2 Å². The lowest BCUT2D eigenvalue weighted by Crippen LogP contribution is -2.64. The average Bonchev–Trinajstić information content (AvgIpc) is 3.62. The van der Waals surface area contributed by atoms with Crippen LogP contribution >= 0.6 is 0 Å². The molecule has 2 aromatic carbocycles. The van der Waals surface area contributed by atoms with Crippen LogP contribution in [-0.2, 0) is 33.3 Å². The summed E-state index contributed by atoms with van der Waals surface area (Å²) in [5.41, 5.74) is 3.67. The van der Waals surface area contributed by atoms with Gasteiger partial charge < -0.3 is 39.0 Å². The summed E-state index contributed by atoms with van der Waals surface area (Å²) in [4.78, 5) is 31.0. The molecular formula is C38H38N2O8. The van der Waals surface area contributed by atoms with Crippen molar-refractivity contribution in [3.63, 3.8) is 0 Å². The second-order valence-corrected chi connectivity index (χ2v) is 15.0. The largest absolute Gasteiger partial charge is 0.482 e. The molecule has 10 atom stereocenters. The van der Waals surface area contributed by atoms with Crippen molar-refractivity contribution in [2.24, 2.45) is 11.8 Å². The minimum Gasteiger partial charge on any atom is -0.482 e. The molecule has 4 bridgehead atoms. The lowest BCUT2D eigenvalue weighted by molar-refractivity contribution is -0.131. The molecule has 2 saturated heterocycles. The quantitative estimate of drug-likeness (QED) is 0.221. The fraction of sp³-hybridized carbons (Fsp3) is 0.474. The fourth-order valence-corrected chi connectivity index (χ4v) is 11.0. The first-order valence-corrected chi connectivity index (χ1v) is 17.1. The summed E-state index contributed by atoms with van der Waals surface area (Å²) in [7, 11) is 4.31. The van der Waals surface area contributed by atoms with Crippen molar-refractivity contribution in [3.05, 3.63) is 83.0 Å². The first-order chi connectivity index (χ1) is 23.2. The van der Waals surface area contributed by atoms with Crippen molar-refractivity contribution < 1.29 is 38.7 Å². The van der Waals surface area contributed by atoms with E-state index >= 15 is 0 Å². The monoisotopic (exact) mass is 650 g/mol. The van der Waals surface area contributed by atoms with Crippen molar-refractivity contribution in [1.82, 2.24) is 9.80 Å². The minimum absolute atomic E-state index is 0.197. The summed E-state index contributed by atoms with van der Waals surface area (Å²) in [6.07, 6.45) is 11.0. The number of carbonyl (C=O) groups excluding carboxylic acids is 2. The maximum Gasteiger partial charge on any atom is 0.336 e. The summed E-state index contributed by atoms with van der Waals surface area (Å²) < 4.78 is 24.5. The van der Waals surface area contributed by atoms with E-state index in [1.54, 1.807) is 12.1 Å². The summed E-state index contributed by atoms with van der Waals surface area (Å²) >= 11 is 0. The zero-order valence-corrected chi connectivity index (χ0v) is 26.9. The molecule has 48 heavy (non-hydrogen) atoms. The zero-order valence-electron chi connectivity index (χ0n) is 26.9. The Hall–Kier alpha value is -3.96. The van der Waals surface area contributed by atoms with E-state index in [-0.39, 0.29) is 34.2 Å².